The molecule has 0 heterocycles. The van der Waals surface area contributed by atoms with Crippen LogP contribution in [0, 0.1) is 17.3 Å². The third-order valence-corrected chi connectivity index (χ3v) is 5.14. The minimum atomic E-state index is 0.0507. The van der Waals surface area contributed by atoms with Gasteiger partial charge in [-0.15, -0.1) is 0 Å². The molecular formula is C16H32N2O. The van der Waals surface area contributed by atoms with Crippen LogP contribution in [0.1, 0.15) is 66.2 Å². The third-order valence-electron chi connectivity index (χ3n) is 5.14. The van der Waals surface area contributed by atoms with Crippen molar-refractivity contribution in [3.8, 4) is 0 Å². The minimum Gasteiger partial charge on any atom is -0.353 e. The van der Waals surface area contributed by atoms with E-state index >= 15 is 0 Å². The molecular weight excluding hydrogens is 236 g/mol. The van der Waals surface area contributed by atoms with Crippen LogP contribution in [-0.2, 0) is 4.79 Å². The van der Waals surface area contributed by atoms with Crippen molar-refractivity contribution in [3.63, 3.8) is 0 Å². The highest BCUT2D eigenvalue weighted by Crippen LogP contribution is 2.40. The molecule has 0 aliphatic heterocycles. The van der Waals surface area contributed by atoms with Gasteiger partial charge in [-0.1, -0.05) is 34.1 Å². The lowest BCUT2D eigenvalue weighted by atomic mass is 9.69. The monoisotopic (exact) mass is 268 g/mol. The van der Waals surface area contributed by atoms with Crippen molar-refractivity contribution in [2.75, 3.05) is 6.54 Å². The number of nitrogens with two attached hydrogens (primary N) is 1. The Kier molecular flexibility index (Phi) is 6.31. The molecule has 0 aromatic carbocycles. The molecule has 0 aromatic heterocycles. The van der Waals surface area contributed by atoms with Crippen LogP contribution in [-0.4, -0.2) is 18.5 Å². The first-order chi connectivity index (χ1) is 8.90. The summed E-state index contributed by atoms with van der Waals surface area (Å²) < 4.78 is 0. The molecule has 3 nitrogen and oxygen atoms in total. The van der Waals surface area contributed by atoms with E-state index in [4.69, 9.17) is 5.73 Å². The maximum atomic E-state index is 12.0. The van der Waals surface area contributed by atoms with Crippen molar-refractivity contribution in [2.45, 2.75) is 72.3 Å². The summed E-state index contributed by atoms with van der Waals surface area (Å²) in [5, 5.41) is 3.20. The van der Waals surface area contributed by atoms with E-state index in [1.54, 1.807) is 0 Å². The average molecular weight is 268 g/mol. The van der Waals surface area contributed by atoms with E-state index in [1.807, 2.05) is 6.92 Å². The van der Waals surface area contributed by atoms with Gasteiger partial charge in [-0.25, -0.2) is 0 Å². The van der Waals surface area contributed by atoms with Crippen LogP contribution in [0.25, 0.3) is 0 Å². The largest absolute Gasteiger partial charge is 0.353 e. The van der Waals surface area contributed by atoms with E-state index in [-0.39, 0.29) is 11.8 Å². The van der Waals surface area contributed by atoms with Crippen LogP contribution in [0.4, 0.5) is 0 Å². The number of rotatable bonds is 6. The highest BCUT2D eigenvalue weighted by atomic mass is 16.1. The molecule has 112 valence electrons. The fraction of sp³-hybridized carbons (Fsp3) is 0.938. The van der Waals surface area contributed by atoms with Gasteiger partial charge < -0.3 is 11.1 Å². The second-order valence-corrected chi connectivity index (χ2v) is 6.88. The summed E-state index contributed by atoms with van der Waals surface area (Å²) in [5.74, 6) is 1.05. The van der Waals surface area contributed by atoms with E-state index in [0.29, 0.717) is 18.0 Å². The third kappa shape index (κ3) is 4.79. The number of hydrogen-bond donors (Lipinski definition) is 2. The molecule has 1 unspecified atom stereocenters. The Hall–Kier alpha value is -0.570. The molecule has 0 aromatic rings. The summed E-state index contributed by atoms with van der Waals surface area (Å²) in [6.07, 6.45) is 6.78. The molecule has 1 amide bonds. The van der Waals surface area contributed by atoms with E-state index in [0.717, 1.165) is 25.2 Å². The first-order valence-corrected chi connectivity index (χ1v) is 7.91. The topological polar surface area (TPSA) is 55.1 Å². The van der Waals surface area contributed by atoms with Gasteiger partial charge in [0, 0.05) is 12.0 Å². The van der Waals surface area contributed by atoms with Crippen LogP contribution in [0.2, 0.25) is 0 Å². The van der Waals surface area contributed by atoms with Gasteiger partial charge in [0.25, 0.3) is 0 Å². The van der Waals surface area contributed by atoms with Crippen LogP contribution in [0.15, 0.2) is 0 Å². The number of carbonyl (C=O) groups excluding carboxylic acids is 1. The zero-order chi connectivity index (χ0) is 14.5. The lowest BCUT2D eigenvalue weighted by Crippen LogP contribution is -2.42. The molecule has 1 fully saturated rings. The summed E-state index contributed by atoms with van der Waals surface area (Å²) in [7, 11) is 0. The Labute approximate surface area is 118 Å². The van der Waals surface area contributed by atoms with Crippen LogP contribution >= 0.6 is 0 Å². The molecule has 19 heavy (non-hydrogen) atoms. The van der Waals surface area contributed by atoms with Crippen molar-refractivity contribution >= 4 is 5.91 Å². The van der Waals surface area contributed by atoms with Crippen molar-refractivity contribution in [2.24, 2.45) is 23.0 Å². The number of carbonyl (C=O) groups is 1. The molecule has 3 N–H and O–H groups in total. The maximum absolute atomic E-state index is 12.0. The molecule has 0 radical (unpaired) electrons. The average Bonchev–Trinajstić information content (AvgIpc) is 2.39. The Morgan fingerprint density at radius 3 is 2.37 bits per heavy atom. The predicted octanol–water partition coefficient (Wildman–Crippen LogP) is 3.08. The maximum Gasteiger partial charge on any atom is 0.223 e. The summed E-state index contributed by atoms with van der Waals surface area (Å²) in [5.41, 5.74) is 5.95. The normalized spacial score (nSPS) is 25.9. The molecule has 0 bridgehead atoms. The van der Waals surface area contributed by atoms with Gasteiger partial charge in [-0.2, -0.15) is 0 Å². The van der Waals surface area contributed by atoms with Crippen LogP contribution < -0.4 is 11.1 Å². The predicted molar refractivity (Wildman–Crippen MR) is 80.8 cm³/mol. The highest BCUT2D eigenvalue weighted by Gasteiger charge is 2.32. The number of amides is 1. The first kappa shape index (κ1) is 16.5. The SMILES string of the molecule is CCC(C)(C)C1CCC(NC(=O)C(C)CCN)CC1. The first-order valence-electron chi connectivity index (χ1n) is 7.91. The van der Waals surface area contributed by atoms with E-state index in [9.17, 15) is 4.79 Å². The summed E-state index contributed by atoms with van der Waals surface area (Å²) in [6, 6.07) is 0.386. The van der Waals surface area contributed by atoms with E-state index in [1.165, 1.54) is 19.3 Å². The molecule has 3 heteroatoms. The summed E-state index contributed by atoms with van der Waals surface area (Å²) in [4.78, 5) is 12.0. The summed E-state index contributed by atoms with van der Waals surface area (Å²) in [6.45, 7) is 9.59. The standard InChI is InChI=1S/C16H32N2O/c1-5-16(3,4)13-6-8-14(9-7-13)18-15(19)12(2)10-11-17/h12-14H,5-11,17H2,1-4H3,(H,18,19). The quantitative estimate of drug-likeness (QED) is 0.778. The highest BCUT2D eigenvalue weighted by molar-refractivity contribution is 5.78. The molecule has 1 aliphatic rings. The number of hydrogen-bond acceptors (Lipinski definition) is 2. The van der Waals surface area contributed by atoms with Gasteiger partial charge in [0.05, 0.1) is 0 Å². The lowest BCUT2D eigenvalue weighted by Gasteiger charge is -2.39. The molecule has 1 saturated carbocycles. The Morgan fingerprint density at radius 2 is 1.89 bits per heavy atom. The fourth-order valence-corrected chi connectivity index (χ4v) is 3.03. The van der Waals surface area contributed by atoms with E-state index in [2.05, 4.69) is 26.1 Å². The van der Waals surface area contributed by atoms with Crippen molar-refractivity contribution in [3.05, 3.63) is 0 Å². The molecule has 0 saturated heterocycles. The van der Waals surface area contributed by atoms with Crippen LogP contribution in [0.5, 0.6) is 0 Å². The Balaban J connectivity index is 2.36. The fourth-order valence-electron chi connectivity index (χ4n) is 3.03. The Bertz CT molecular complexity index is 280. The Morgan fingerprint density at radius 1 is 1.32 bits per heavy atom. The van der Waals surface area contributed by atoms with Gasteiger partial charge in [-0.05, 0) is 50.0 Å². The zero-order valence-electron chi connectivity index (χ0n) is 13.2. The van der Waals surface area contributed by atoms with Gasteiger partial charge in [0.1, 0.15) is 0 Å². The van der Waals surface area contributed by atoms with Crippen molar-refractivity contribution < 1.29 is 4.79 Å². The second kappa shape index (κ2) is 7.28. The summed E-state index contributed by atoms with van der Waals surface area (Å²) >= 11 is 0. The molecule has 1 rings (SSSR count). The van der Waals surface area contributed by atoms with Crippen molar-refractivity contribution in [1.82, 2.24) is 5.32 Å². The molecule has 0 spiro atoms. The van der Waals surface area contributed by atoms with Gasteiger partial charge in [0.15, 0.2) is 0 Å². The smallest absolute Gasteiger partial charge is 0.223 e. The van der Waals surface area contributed by atoms with E-state index < -0.39 is 0 Å². The molecule has 1 aliphatic carbocycles. The second-order valence-electron chi connectivity index (χ2n) is 6.88. The lowest BCUT2D eigenvalue weighted by molar-refractivity contribution is -0.125. The van der Waals surface area contributed by atoms with Crippen molar-refractivity contribution in [1.29, 1.82) is 0 Å². The van der Waals surface area contributed by atoms with Gasteiger partial charge in [0.2, 0.25) is 5.91 Å². The minimum absolute atomic E-state index is 0.0507. The number of nitrogens with one attached hydrogen (secondary N) is 1. The molecule has 1 atom stereocenters. The van der Waals surface area contributed by atoms with Gasteiger partial charge >= 0.3 is 0 Å². The van der Waals surface area contributed by atoms with Gasteiger partial charge in [-0.3, -0.25) is 4.79 Å². The van der Waals surface area contributed by atoms with Crippen LogP contribution in [0.3, 0.4) is 0 Å². The zero-order valence-corrected chi connectivity index (χ0v) is 13.2.